The molecule has 15 heavy (non-hydrogen) atoms. The summed E-state index contributed by atoms with van der Waals surface area (Å²) in [6.45, 7) is 2.01. The molecule has 1 unspecified atom stereocenters. The highest BCUT2D eigenvalue weighted by Gasteiger charge is 2.32. The highest BCUT2D eigenvalue weighted by atomic mass is 16.5. The maximum Gasteiger partial charge on any atom is 0.127 e. The molecule has 1 atom stereocenters. The molecule has 2 rings (SSSR count). The summed E-state index contributed by atoms with van der Waals surface area (Å²) in [5, 5.41) is 0. The van der Waals surface area contributed by atoms with Gasteiger partial charge in [-0.15, -0.1) is 0 Å². The number of aldehydes is 1. The lowest BCUT2D eigenvalue weighted by Gasteiger charge is -2.12. The van der Waals surface area contributed by atoms with Crippen LogP contribution in [0.1, 0.15) is 29.9 Å². The van der Waals surface area contributed by atoms with Crippen molar-refractivity contribution in [2.24, 2.45) is 5.92 Å². The summed E-state index contributed by atoms with van der Waals surface area (Å²) in [7, 11) is 1.67. The zero-order valence-electron chi connectivity index (χ0n) is 9.19. The third-order valence-corrected chi connectivity index (χ3v) is 3.08. The van der Waals surface area contributed by atoms with Crippen LogP contribution in [-0.4, -0.2) is 13.4 Å². The van der Waals surface area contributed by atoms with Crippen LogP contribution >= 0.6 is 0 Å². The molecule has 1 saturated carbocycles. The fraction of sp³-hybridized carbons (Fsp3) is 0.462. The number of hydrogen-bond acceptors (Lipinski definition) is 2. The number of hydrogen-bond donors (Lipinski definition) is 0. The van der Waals surface area contributed by atoms with Crippen LogP contribution in [0.3, 0.4) is 0 Å². The van der Waals surface area contributed by atoms with E-state index < -0.39 is 0 Å². The average Bonchev–Trinajstić information content (AvgIpc) is 3.03. The number of carbonyl (C=O) groups excluding carboxylic acids is 1. The zero-order chi connectivity index (χ0) is 10.8. The van der Waals surface area contributed by atoms with E-state index in [-0.39, 0.29) is 5.92 Å². The maximum atomic E-state index is 11.0. The quantitative estimate of drug-likeness (QED) is 0.705. The van der Waals surface area contributed by atoms with Crippen molar-refractivity contribution in [2.75, 3.05) is 7.11 Å². The van der Waals surface area contributed by atoms with Crippen molar-refractivity contribution in [2.45, 2.75) is 25.7 Å². The van der Waals surface area contributed by atoms with Gasteiger partial charge in [0, 0.05) is 5.92 Å². The summed E-state index contributed by atoms with van der Waals surface area (Å²) in [5.41, 5.74) is 2.23. The van der Waals surface area contributed by atoms with Gasteiger partial charge in [0.25, 0.3) is 0 Å². The smallest absolute Gasteiger partial charge is 0.127 e. The Bertz CT molecular complexity index is 367. The second-order valence-electron chi connectivity index (χ2n) is 4.23. The van der Waals surface area contributed by atoms with E-state index in [4.69, 9.17) is 4.74 Å². The molecule has 0 aliphatic heterocycles. The lowest BCUT2D eigenvalue weighted by molar-refractivity contribution is -0.109. The molecule has 1 aromatic carbocycles. The Kier molecular flexibility index (Phi) is 2.76. The van der Waals surface area contributed by atoms with Gasteiger partial charge >= 0.3 is 0 Å². The number of benzene rings is 1. The molecule has 0 amide bonds. The number of rotatable bonds is 4. The lowest BCUT2D eigenvalue weighted by Crippen LogP contribution is -2.03. The predicted octanol–water partition coefficient (Wildman–Crippen LogP) is 2.70. The van der Waals surface area contributed by atoms with Crippen molar-refractivity contribution in [1.29, 1.82) is 0 Å². The van der Waals surface area contributed by atoms with Crippen LogP contribution < -0.4 is 4.74 Å². The van der Waals surface area contributed by atoms with Crippen LogP contribution in [0.4, 0.5) is 0 Å². The highest BCUT2D eigenvalue weighted by Crippen LogP contribution is 2.42. The van der Waals surface area contributed by atoms with Crippen molar-refractivity contribution in [3.63, 3.8) is 0 Å². The Morgan fingerprint density at radius 3 is 2.67 bits per heavy atom. The van der Waals surface area contributed by atoms with Gasteiger partial charge in [-0.3, -0.25) is 0 Å². The fourth-order valence-corrected chi connectivity index (χ4v) is 2.03. The fourth-order valence-electron chi connectivity index (χ4n) is 2.03. The van der Waals surface area contributed by atoms with Crippen LogP contribution in [0.5, 0.6) is 5.75 Å². The lowest BCUT2D eigenvalue weighted by atomic mass is 9.94. The number of aryl methyl sites for hydroxylation is 1. The first kappa shape index (κ1) is 10.2. The van der Waals surface area contributed by atoms with Crippen LogP contribution in [0.25, 0.3) is 0 Å². The van der Waals surface area contributed by atoms with Crippen LogP contribution in [0.2, 0.25) is 0 Å². The third-order valence-electron chi connectivity index (χ3n) is 3.08. The Hall–Kier alpha value is -1.31. The number of methoxy groups -OCH3 is 1. The first-order valence-corrected chi connectivity index (χ1v) is 5.36. The van der Waals surface area contributed by atoms with Gasteiger partial charge in [-0.05, 0) is 42.9 Å². The molecule has 0 heterocycles. The first-order chi connectivity index (χ1) is 7.26. The van der Waals surface area contributed by atoms with Gasteiger partial charge in [-0.2, -0.15) is 0 Å². The van der Waals surface area contributed by atoms with Gasteiger partial charge in [0.2, 0.25) is 0 Å². The third kappa shape index (κ3) is 2.04. The second-order valence-corrected chi connectivity index (χ2v) is 4.23. The van der Waals surface area contributed by atoms with Crippen LogP contribution in [0.15, 0.2) is 18.2 Å². The predicted molar refractivity (Wildman–Crippen MR) is 59.3 cm³/mol. The molecule has 1 aliphatic carbocycles. The Morgan fingerprint density at radius 1 is 1.47 bits per heavy atom. The van der Waals surface area contributed by atoms with Gasteiger partial charge in [0.15, 0.2) is 0 Å². The summed E-state index contributed by atoms with van der Waals surface area (Å²) >= 11 is 0. The van der Waals surface area contributed by atoms with Crippen molar-refractivity contribution in [1.82, 2.24) is 0 Å². The van der Waals surface area contributed by atoms with E-state index in [1.54, 1.807) is 7.11 Å². The standard InChI is InChI=1S/C13H16O2/c1-9-7-11(5-6-13(9)15-2)12(8-14)10-3-4-10/h5-8,10,12H,3-4H2,1-2H3. The monoisotopic (exact) mass is 204 g/mol. The van der Waals surface area contributed by atoms with Gasteiger partial charge in [0.1, 0.15) is 12.0 Å². The van der Waals surface area contributed by atoms with Gasteiger partial charge in [0.05, 0.1) is 7.11 Å². The first-order valence-electron chi connectivity index (χ1n) is 5.36. The van der Waals surface area contributed by atoms with E-state index in [1.807, 2.05) is 19.1 Å². The largest absolute Gasteiger partial charge is 0.496 e. The average molecular weight is 204 g/mol. The van der Waals surface area contributed by atoms with E-state index in [0.29, 0.717) is 5.92 Å². The van der Waals surface area contributed by atoms with E-state index in [2.05, 4.69) is 6.07 Å². The zero-order valence-corrected chi connectivity index (χ0v) is 9.19. The van der Waals surface area contributed by atoms with Gasteiger partial charge < -0.3 is 9.53 Å². The summed E-state index contributed by atoms with van der Waals surface area (Å²) in [6.07, 6.45) is 3.46. The molecular weight excluding hydrogens is 188 g/mol. The SMILES string of the molecule is COc1ccc(C(C=O)C2CC2)cc1C. The molecule has 1 fully saturated rings. The molecule has 1 aromatic rings. The van der Waals surface area contributed by atoms with Crippen molar-refractivity contribution in [3.8, 4) is 5.75 Å². The summed E-state index contributed by atoms with van der Waals surface area (Å²) in [5.74, 6) is 1.56. The maximum absolute atomic E-state index is 11.0. The highest BCUT2D eigenvalue weighted by molar-refractivity contribution is 5.64. The molecule has 0 N–H and O–H groups in total. The molecule has 0 bridgehead atoms. The summed E-state index contributed by atoms with van der Waals surface area (Å²) in [6, 6.07) is 6.02. The minimum Gasteiger partial charge on any atom is -0.496 e. The topological polar surface area (TPSA) is 26.3 Å². The molecule has 1 aliphatic rings. The van der Waals surface area contributed by atoms with Crippen molar-refractivity contribution >= 4 is 6.29 Å². The van der Waals surface area contributed by atoms with E-state index in [0.717, 1.165) is 23.2 Å². The molecule has 0 aromatic heterocycles. The summed E-state index contributed by atoms with van der Waals surface area (Å²) in [4.78, 5) is 11.0. The molecule has 80 valence electrons. The molecular formula is C13H16O2. The Morgan fingerprint density at radius 2 is 2.20 bits per heavy atom. The normalized spacial score (nSPS) is 17.2. The van der Waals surface area contributed by atoms with Crippen LogP contribution in [0, 0.1) is 12.8 Å². The van der Waals surface area contributed by atoms with Crippen LogP contribution in [-0.2, 0) is 4.79 Å². The molecule has 0 saturated heterocycles. The van der Waals surface area contributed by atoms with Crippen molar-refractivity contribution < 1.29 is 9.53 Å². The number of carbonyl (C=O) groups is 1. The molecule has 0 spiro atoms. The van der Waals surface area contributed by atoms with E-state index in [9.17, 15) is 4.79 Å². The molecule has 2 heteroatoms. The minimum absolute atomic E-state index is 0.0922. The van der Waals surface area contributed by atoms with Crippen molar-refractivity contribution in [3.05, 3.63) is 29.3 Å². The summed E-state index contributed by atoms with van der Waals surface area (Å²) < 4.78 is 5.20. The van der Waals surface area contributed by atoms with E-state index >= 15 is 0 Å². The van der Waals surface area contributed by atoms with Gasteiger partial charge in [-0.1, -0.05) is 12.1 Å². The molecule has 2 nitrogen and oxygen atoms in total. The second kappa shape index (κ2) is 4.05. The molecule has 0 radical (unpaired) electrons. The Balaban J connectivity index is 2.27. The minimum atomic E-state index is 0.0922. The number of ether oxygens (including phenoxy) is 1. The van der Waals surface area contributed by atoms with E-state index in [1.165, 1.54) is 12.8 Å². The Labute approximate surface area is 90.3 Å². The van der Waals surface area contributed by atoms with Gasteiger partial charge in [-0.25, -0.2) is 0 Å².